The van der Waals surface area contributed by atoms with E-state index in [-0.39, 0.29) is 26.4 Å². The average molecular weight is 527 g/mol. The van der Waals surface area contributed by atoms with Crippen LogP contribution < -0.4 is 0 Å². The summed E-state index contributed by atoms with van der Waals surface area (Å²) in [6.45, 7) is 1.73. The molecule has 9 heteroatoms. The molecule has 1 N–H and O–H groups in total. The van der Waals surface area contributed by atoms with Gasteiger partial charge in [0.1, 0.15) is 18.3 Å². The maximum absolute atomic E-state index is 13.3. The van der Waals surface area contributed by atoms with Gasteiger partial charge in [-0.1, -0.05) is 91.0 Å². The molecule has 0 spiro atoms. The van der Waals surface area contributed by atoms with Crippen LogP contribution in [0.25, 0.3) is 0 Å². The molecule has 1 fully saturated rings. The van der Waals surface area contributed by atoms with Crippen LogP contribution in [0.15, 0.2) is 91.0 Å². The molecule has 5 atom stereocenters. The largest absolute Gasteiger partial charge is 0.447 e. The molecule has 1 aliphatic heterocycles. The predicted molar refractivity (Wildman–Crippen MR) is 136 cm³/mol. The normalized spacial score (nSPS) is 25.5. The summed E-state index contributed by atoms with van der Waals surface area (Å²) < 4.78 is 42.4. The summed E-state index contributed by atoms with van der Waals surface area (Å²) in [5.41, 5.74) is 2.69. The third kappa shape index (κ3) is 7.82. The van der Waals surface area contributed by atoms with Gasteiger partial charge in [0.15, 0.2) is 0 Å². The quantitative estimate of drug-likeness (QED) is 0.280. The zero-order chi connectivity index (χ0) is 26.1. The van der Waals surface area contributed by atoms with Crippen molar-refractivity contribution in [2.24, 2.45) is 0 Å². The first kappa shape index (κ1) is 27.2. The van der Waals surface area contributed by atoms with E-state index in [0.29, 0.717) is 0 Å². The number of rotatable bonds is 11. The topological polar surface area (TPSA) is 101 Å². The fourth-order valence-electron chi connectivity index (χ4n) is 4.08. The molecule has 0 aliphatic carbocycles. The first-order chi connectivity index (χ1) is 17.9. The summed E-state index contributed by atoms with van der Waals surface area (Å²) in [7, 11) is -4.46. The number of hydrogen-bond donors (Lipinski definition) is 1. The molecule has 0 saturated carbocycles. The second-order valence-corrected chi connectivity index (χ2v) is 10.6. The third-order valence-electron chi connectivity index (χ3n) is 5.83. The second-order valence-electron chi connectivity index (χ2n) is 8.73. The van der Waals surface area contributed by atoms with Gasteiger partial charge in [0, 0.05) is 6.92 Å². The van der Waals surface area contributed by atoms with E-state index in [9.17, 15) is 14.3 Å². The van der Waals surface area contributed by atoms with Gasteiger partial charge >= 0.3 is 13.6 Å². The SMILES string of the molecule is CC(=O)O[C@H]1[C@@H](OCc2ccccc2)[C@H](OCc2ccccc2)[C@@H](COCc2ccccc2)OP1(=O)O. The van der Waals surface area contributed by atoms with Crippen LogP contribution >= 0.6 is 7.60 Å². The fourth-order valence-corrected chi connectivity index (χ4v) is 5.68. The van der Waals surface area contributed by atoms with E-state index in [1.54, 1.807) is 0 Å². The number of carbonyl (C=O) groups excluding carboxylic acids is 1. The van der Waals surface area contributed by atoms with Crippen LogP contribution in [0.3, 0.4) is 0 Å². The molecular weight excluding hydrogens is 495 g/mol. The van der Waals surface area contributed by atoms with Gasteiger partial charge in [-0.3, -0.25) is 13.9 Å². The molecule has 3 aromatic carbocycles. The highest BCUT2D eigenvalue weighted by molar-refractivity contribution is 7.53. The van der Waals surface area contributed by atoms with Crippen molar-refractivity contribution < 1.29 is 37.7 Å². The Morgan fingerprint density at radius 2 is 1.24 bits per heavy atom. The molecule has 37 heavy (non-hydrogen) atoms. The van der Waals surface area contributed by atoms with Crippen LogP contribution in [-0.4, -0.2) is 41.6 Å². The van der Waals surface area contributed by atoms with Crippen LogP contribution in [0.1, 0.15) is 23.6 Å². The molecule has 3 aromatic rings. The molecule has 1 saturated heterocycles. The van der Waals surface area contributed by atoms with Gasteiger partial charge in [-0.05, 0) is 16.7 Å². The maximum Gasteiger partial charge on any atom is 0.371 e. The Balaban J connectivity index is 1.58. The molecule has 0 bridgehead atoms. The van der Waals surface area contributed by atoms with Crippen molar-refractivity contribution in [1.29, 1.82) is 0 Å². The Hall–Kier alpha value is -2.84. The standard InChI is InChI=1S/C28H31O8P/c1-21(29)35-28-27(34-19-24-15-9-4-10-16-24)26(33-18-23-13-7-3-8-14-23)25(36-37(28,30)31)20-32-17-22-11-5-2-6-12-22/h2-16,25-28H,17-20H2,1H3,(H,30,31)/t25-,26-,27+,28-/m1/s1. The van der Waals surface area contributed by atoms with E-state index in [0.717, 1.165) is 16.7 Å². The fraction of sp³-hybridized carbons (Fsp3) is 0.321. The van der Waals surface area contributed by atoms with Crippen molar-refractivity contribution in [1.82, 2.24) is 0 Å². The summed E-state index contributed by atoms with van der Waals surface area (Å²) in [4.78, 5) is 22.7. The van der Waals surface area contributed by atoms with Crippen LogP contribution in [0, 0.1) is 0 Å². The summed E-state index contributed by atoms with van der Waals surface area (Å²) in [5, 5.41) is 0. The van der Waals surface area contributed by atoms with Gasteiger partial charge in [-0.2, -0.15) is 0 Å². The molecule has 0 amide bonds. The average Bonchev–Trinajstić information content (AvgIpc) is 2.90. The minimum atomic E-state index is -4.46. The predicted octanol–water partition coefficient (Wildman–Crippen LogP) is 4.85. The zero-order valence-corrected chi connectivity index (χ0v) is 21.4. The number of esters is 1. The number of benzene rings is 3. The van der Waals surface area contributed by atoms with Crippen LogP contribution in [-0.2, 0) is 52.7 Å². The maximum atomic E-state index is 13.3. The van der Waals surface area contributed by atoms with Crippen molar-refractivity contribution in [2.75, 3.05) is 6.61 Å². The summed E-state index contributed by atoms with van der Waals surface area (Å²) in [5.74, 6) is -2.28. The zero-order valence-electron chi connectivity index (χ0n) is 20.6. The smallest absolute Gasteiger partial charge is 0.371 e. The highest BCUT2D eigenvalue weighted by Gasteiger charge is 2.55. The van der Waals surface area contributed by atoms with Crippen LogP contribution in [0.2, 0.25) is 0 Å². The Bertz CT molecular complexity index is 1160. The van der Waals surface area contributed by atoms with Crippen molar-refractivity contribution in [3.05, 3.63) is 108 Å². The monoisotopic (exact) mass is 526 g/mol. The molecule has 4 rings (SSSR count). The number of hydrogen-bond acceptors (Lipinski definition) is 7. The van der Waals surface area contributed by atoms with Gasteiger partial charge in [0.05, 0.1) is 26.4 Å². The highest BCUT2D eigenvalue weighted by atomic mass is 31.2. The highest BCUT2D eigenvalue weighted by Crippen LogP contribution is 2.56. The Morgan fingerprint density at radius 3 is 1.73 bits per heavy atom. The minimum Gasteiger partial charge on any atom is -0.447 e. The summed E-state index contributed by atoms with van der Waals surface area (Å²) >= 11 is 0. The lowest BCUT2D eigenvalue weighted by Crippen LogP contribution is -2.55. The van der Waals surface area contributed by atoms with Crippen LogP contribution in [0.4, 0.5) is 0 Å². The number of ether oxygens (including phenoxy) is 4. The lowest BCUT2D eigenvalue weighted by molar-refractivity contribution is -0.192. The van der Waals surface area contributed by atoms with Gasteiger partial charge < -0.3 is 23.8 Å². The van der Waals surface area contributed by atoms with E-state index in [2.05, 4.69) is 0 Å². The first-order valence-electron chi connectivity index (χ1n) is 12.0. The van der Waals surface area contributed by atoms with Gasteiger partial charge in [-0.15, -0.1) is 0 Å². The van der Waals surface area contributed by atoms with E-state index in [1.165, 1.54) is 6.92 Å². The van der Waals surface area contributed by atoms with Crippen molar-refractivity contribution in [3.63, 3.8) is 0 Å². The van der Waals surface area contributed by atoms with Crippen molar-refractivity contribution >= 4 is 13.6 Å². The summed E-state index contributed by atoms with van der Waals surface area (Å²) in [6.07, 6.45) is -2.89. The Kier molecular flexibility index (Phi) is 9.63. The van der Waals surface area contributed by atoms with E-state index < -0.39 is 37.7 Å². The molecule has 1 unspecified atom stereocenters. The number of carbonyl (C=O) groups is 1. The molecule has 8 nitrogen and oxygen atoms in total. The molecule has 0 radical (unpaired) electrons. The third-order valence-corrected chi connectivity index (χ3v) is 7.45. The van der Waals surface area contributed by atoms with Gasteiger partial charge in [-0.25, -0.2) is 0 Å². The first-order valence-corrected chi connectivity index (χ1v) is 13.7. The van der Waals surface area contributed by atoms with E-state index in [1.807, 2.05) is 91.0 Å². The van der Waals surface area contributed by atoms with Crippen LogP contribution in [0.5, 0.6) is 0 Å². The van der Waals surface area contributed by atoms with Crippen molar-refractivity contribution in [2.45, 2.75) is 50.9 Å². The molecular formula is C28H31O8P. The molecule has 1 aliphatic rings. The second kappa shape index (κ2) is 13.1. The van der Waals surface area contributed by atoms with E-state index in [4.69, 9.17) is 23.5 Å². The van der Waals surface area contributed by atoms with Gasteiger partial charge in [0.25, 0.3) is 0 Å². The van der Waals surface area contributed by atoms with Gasteiger partial charge in [0.2, 0.25) is 5.85 Å². The molecule has 0 aromatic heterocycles. The lowest BCUT2D eigenvalue weighted by Gasteiger charge is -2.43. The summed E-state index contributed by atoms with van der Waals surface area (Å²) in [6, 6.07) is 28.4. The Labute approximate surface area is 216 Å². The molecule has 1 heterocycles. The molecule has 196 valence electrons. The minimum absolute atomic E-state index is 0.0309. The van der Waals surface area contributed by atoms with E-state index >= 15 is 0 Å². The van der Waals surface area contributed by atoms with Crippen molar-refractivity contribution in [3.8, 4) is 0 Å². The Morgan fingerprint density at radius 1 is 0.784 bits per heavy atom. The lowest BCUT2D eigenvalue weighted by atomic mass is 10.1.